The predicted octanol–water partition coefficient (Wildman–Crippen LogP) is 2.18. The third-order valence-electron chi connectivity index (χ3n) is 2.42. The van der Waals surface area contributed by atoms with Crippen LogP contribution >= 0.6 is 11.3 Å². The molecule has 0 saturated carbocycles. The summed E-state index contributed by atoms with van der Waals surface area (Å²) < 4.78 is 0. The van der Waals surface area contributed by atoms with Gasteiger partial charge in [0.25, 0.3) is 0 Å². The lowest BCUT2D eigenvalue weighted by molar-refractivity contribution is 1.10. The molecule has 0 fully saturated rings. The van der Waals surface area contributed by atoms with Crippen molar-refractivity contribution in [1.29, 1.82) is 0 Å². The number of nitrogens with one attached hydrogen (secondary N) is 1. The number of pyridine rings is 1. The normalized spacial score (nSPS) is 10.6. The monoisotopic (exact) mass is 243 g/mol. The SMILES string of the molecule is Nc1n[nH]c(-c2cncs2)c1-c1cccnc1. The number of thiazole rings is 1. The Bertz CT molecular complexity index is 615. The molecule has 6 heteroatoms. The van der Waals surface area contributed by atoms with Crippen LogP contribution in [-0.2, 0) is 0 Å². The van der Waals surface area contributed by atoms with Gasteiger partial charge in [0.15, 0.2) is 5.82 Å². The Hall–Kier alpha value is -2.21. The van der Waals surface area contributed by atoms with Crippen LogP contribution in [0, 0.1) is 0 Å². The van der Waals surface area contributed by atoms with Gasteiger partial charge in [-0.15, -0.1) is 11.3 Å². The van der Waals surface area contributed by atoms with Crippen LogP contribution < -0.4 is 5.73 Å². The van der Waals surface area contributed by atoms with Gasteiger partial charge in [-0.25, -0.2) is 0 Å². The minimum Gasteiger partial charge on any atom is -0.382 e. The van der Waals surface area contributed by atoms with Crippen molar-refractivity contribution < 1.29 is 0 Å². The van der Waals surface area contributed by atoms with Gasteiger partial charge in [0.1, 0.15) is 0 Å². The molecule has 0 aliphatic heterocycles. The van der Waals surface area contributed by atoms with E-state index in [0.29, 0.717) is 5.82 Å². The molecule has 0 amide bonds. The highest BCUT2D eigenvalue weighted by atomic mass is 32.1. The minimum atomic E-state index is 0.474. The maximum absolute atomic E-state index is 5.89. The van der Waals surface area contributed by atoms with Crippen molar-refractivity contribution in [3.8, 4) is 21.7 Å². The first kappa shape index (κ1) is 9.98. The number of rotatable bonds is 2. The van der Waals surface area contributed by atoms with Crippen molar-refractivity contribution in [3.63, 3.8) is 0 Å². The van der Waals surface area contributed by atoms with E-state index in [1.165, 1.54) is 11.3 Å². The fourth-order valence-corrected chi connectivity index (χ4v) is 2.30. The molecule has 0 spiro atoms. The molecule has 0 aliphatic rings. The Kier molecular flexibility index (Phi) is 2.34. The molecule has 0 radical (unpaired) electrons. The molecule has 17 heavy (non-hydrogen) atoms. The number of hydrogen-bond acceptors (Lipinski definition) is 5. The molecular formula is C11H9N5S. The zero-order chi connectivity index (χ0) is 11.7. The van der Waals surface area contributed by atoms with Crippen LogP contribution in [0.5, 0.6) is 0 Å². The van der Waals surface area contributed by atoms with Gasteiger partial charge in [-0.1, -0.05) is 6.07 Å². The smallest absolute Gasteiger partial charge is 0.153 e. The lowest BCUT2D eigenvalue weighted by Gasteiger charge is -2.01. The second kappa shape index (κ2) is 3.99. The van der Waals surface area contributed by atoms with E-state index in [1.807, 2.05) is 12.1 Å². The van der Waals surface area contributed by atoms with Crippen molar-refractivity contribution in [3.05, 3.63) is 36.2 Å². The van der Waals surface area contributed by atoms with Gasteiger partial charge in [0, 0.05) is 24.2 Å². The van der Waals surface area contributed by atoms with Crippen molar-refractivity contribution >= 4 is 17.2 Å². The van der Waals surface area contributed by atoms with Crippen LogP contribution in [0.2, 0.25) is 0 Å². The number of anilines is 1. The van der Waals surface area contributed by atoms with Crippen molar-refractivity contribution in [2.24, 2.45) is 0 Å². The molecule has 0 saturated heterocycles. The van der Waals surface area contributed by atoms with E-state index in [9.17, 15) is 0 Å². The van der Waals surface area contributed by atoms with Crippen LogP contribution in [0.25, 0.3) is 21.7 Å². The summed E-state index contributed by atoms with van der Waals surface area (Å²) in [6, 6.07) is 3.83. The molecule has 0 unspecified atom stereocenters. The third-order valence-corrected chi connectivity index (χ3v) is 3.21. The highest BCUT2D eigenvalue weighted by Gasteiger charge is 2.15. The maximum Gasteiger partial charge on any atom is 0.153 e. The summed E-state index contributed by atoms with van der Waals surface area (Å²) in [6.07, 6.45) is 5.29. The van der Waals surface area contributed by atoms with Crippen molar-refractivity contribution in [2.75, 3.05) is 5.73 Å². The lowest BCUT2D eigenvalue weighted by Crippen LogP contribution is -1.88. The zero-order valence-electron chi connectivity index (χ0n) is 8.79. The van der Waals surface area contributed by atoms with E-state index in [1.54, 1.807) is 24.1 Å². The Morgan fingerprint density at radius 1 is 1.24 bits per heavy atom. The second-order valence-corrected chi connectivity index (χ2v) is 4.35. The second-order valence-electron chi connectivity index (χ2n) is 3.47. The molecule has 3 rings (SSSR count). The van der Waals surface area contributed by atoms with E-state index in [0.717, 1.165) is 21.7 Å². The molecular weight excluding hydrogens is 234 g/mol. The lowest BCUT2D eigenvalue weighted by atomic mass is 10.1. The fourth-order valence-electron chi connectivity index (χ4n) is 1.68. The van der Waals surface area contributed by atoms with Crippen LogP contribution in [-0.4, -0.2) is 20.2 Å². The van der Waals surface area contributed by atoms with E-state index in [-0.39, 0.29) is 0 Å². The van der Waals surface area contributed by atoms with E-state index < -0.39 is 0 Å². The Labute approximate surface area is 101 Å². The number of H-pyrrole nitrogens is 1. The van der Waals surface area contributed by atoms with Gasteiger partial charge in [-0.05, 0) is 6.07 Å². The van der Waals surface area contributed by atoms with E-state index >= 15 is 0 Å². The summed E-state index contributed by atoms with van der Waals surface area (Å²) in [5.74, 6) is 0.474. The first-order chi connectivity index (χ1) is 8.36. The average Bonchev–Trinajstić information content (AvgIpc) is 2.98. The summed E-state index contributed by atoms with van der Waals surface area (Å²) in [4.78, 5) is 9.16. The van der Waals surface area contributed by atoms with Crippen LogP contribution in [0.4, 0.5) is 5.82 Å². The van der Waals surface area contributed by atoms with Gasteiger partial charge < -0.3 is 5.73 Å². The fraction of sp³-hybridized carbons (Fsp3) is 0. The van der Waals surface area contributed by atoms with Gasteiger partial charge in [0.2, 0.25) is 0 Å². The maximum atomic E-state index is 5.89. The van der Waals surface area contributed by atoms with E-state index in [4.69, 9.17) is 5.73 Å². The van der Waals surface area contributed by atoms with Crippen molar-refractivity contribution in [2.45, 2.75) is 0 Å². The number of nitrogens with two attached hydrogens (primary N) is 1. The standard InChI is InChI=1S/C11H9N5S/c12-11-9(7-2-1-3-13-4-7)10(15-16-11)8-5-14-6-17-8/h1-6H,(H3,12,15,16). The predicted molar refractivity (Wildman–Crippen MR) is 67.3 cm³/mol. The molecule has 3 aromatic rings. The largest absolute Gasteiger partial charge is 0.382 e. The number of aromatic amines is 1. The van der Waals surface area contributed by atoms with Crippen LogP contribution in [0.3, 0.4) is 0 Å². The molecule has 0 aromatic carbocycles. The molecule has 5 nitrogen and oxygen atoms in total. The summed E-state index contributed by atoms with van der Waals surface area (Å²) in [7, 11) is 0. The first-order valence-electron chi connectivity index (χ1n) is 4.99. The summed E-state index contributed by atoms with van der Waals surface area (Å²) in [5, 5.41) is 7.00. The molecule has 3 aromatic heterocycles. The number of nitrogens with zero attached hydrogens (tertiary/aromatic N) is 3. The minimum absolute atomic E-state index is 0.474. The van der Waals surface area contributed by atoms with Gasteiger partial charge in [-0.3, -0.25) is 15.1 Å². The summed E-state index contributed by atoms with van der Waals surface area (Å²) >= 11 is 1.54. The highest BCUT2D eigenvalue weighted by Crippen LogP contribution is 2.35. The Balaban J connectivity index is 2.20. The van der Waals surface area contributed by atoms with E-state index in [2.05, 4.69) is 20.2 Å². The average molecular weight is 243 g/mol. The number of nitrogen functional groups attached to an aromatic ring is 1. The zero-order valence-corrected chi connectivity index (χ0v) is 9.61. The first-order valence-corrected chi connectivity index (χ1v) is 5.87. The van der Waals surface area contributed by atoms with Crippen LogP contribution in [0.15, 0.2) is 36.2 Å². The number of hydrogen-bond donors (Lipinski definition) is 2. The number of aromatic nitrogens is 4. The topological polar surface area (TPSA) is 80.5 Å². The Morgan fingerprint density at radius 2 is 2.18 bits per heavy atom. The summed E-state index contributed by atoms with van der Waals surface area (Å²) in [6.45, 7) is 0. The quantitative estimate of drug-likeness (QED) is 0.722. The summed E-state index contributed by atoms with van der Waals surface area (Å²) in [5.41, 5.74) is 10.4. The molecule has 3 N–H and O–H groups in total. The molecule has 0 bridgehead atoms. The third kappa shape index (κ3) is 1.68. The molecule has 0 atom stereocenters. The van der Waals surface area contributed by atoms with Gasteiger partial charge in [0.05, 0.1) is 21.6 Å². The van der Waals surface area contributed by atoms with Crippen molar-refractivity contribution in [1.82, 2.24) is 20.2 Å². The van der Waals surface area contributed by atoms with Gasteiger partial charge in [-0.2, -0.15) is 5.10 Å². The highest BCUT2D eigenvalue weighted by molar-refractivity contribution is 7.13. The van der Waals surface area contributed by atoms with Gasteiger partial charge >= 0.3 is 0 Å². The molecule has 3 heterocycles. The molecule has 0 aliphatic carbocycles. The Morgan fingerprint density at radius 3 is 2.88 bits per heavy atom. The molecule has 84 valence electrons. The van der Waals surface area contributed by atoms with Crippen LogP contribution in [0.1, 0.15) is 0 Å².